The van der Waals surface area contributed by atoms with Gasteiger partial charge in [0.15, 0.2) is 0 Å². The Morgan fingerprint density at radius 2 is 2.05 bits per heavy atom. The van der Waals surface area contributed by atoms with E-state index in [0.29, 0.717) is 28.4 Å². The van der Waals surface area contributed by atoms with Gasteiger partial charge in [-0.1, -0.05) is 29.5 Å². The molecule has 2 atom stereocenters. The largest absolute Gasteiger partial charge is 0.496 e. The maximum atomic E-state index is 12.6. The van der Waals surface area contributed by atoms with Crippen LogP contribution in [0.15, 0.2) is 57.9 Å². The summed E-state index contributed by atoms with van der Waals surface area (Å²) in [5.41, 5.74) is 5.04. The fourth-order valence-electron chi connectivity index (χ4n) is 4.75. The Hall–Kier alpha value is -4.32. The number of anilines is 1. The highest BCUT2D eigenvalue weighted by atomic mass is 32.1. The topological polar surface area (TPSA) is 134 Å². The highest BCUT2D eigenvalue weighted by Crippen LogP contribution is 2.39. The molecule has 0 saturated carbocycles. The van der Waals surface area contributed by atoms with E-state index in [9.17, 15) is 14.4 Å². The molecule has 1 aromatic carbocycles. The number of methoxy groups -OCH3 is 1. The molecule has 202 valence electrons. The molecular weight excluding hydrogens is 520 g/mol. The number of hydrogen-bond acceptors (Lipinski definition) is 10. The minimum atomic E-state index is -0.955. The number of nitrogens with one attached hydrogen (secondary N) is 2. The number of carbonyl (C=O) groups is 3. The lowest BCUT2D eigenvalue weighted by atomic mass is 10.0. The number of nitrogens with zero attached hydrogens (tertiary/aromatic N) is 4. The predicted octanol–water partition coefficient (Wildman–Crippen LogP) is 3.56. The van der Waals surface area contributed by atoms with Gasteiger partial charge in [0.05, 0.1) is 38.1 Å². The Balaban J connectivity index is 1.22. The van der Waals surface area contributed by atoms with E-state index in [1.807, 2.05) is 29.3 Å². The van der Waals surface area contributed by atoms with Crippen molar-refractivity contribution in [1.82, 2.24) is 10.4 Å². The van der Waals surface area contributed by atoms with Crippen molar-refractivity contribution in [2.45, 2.75) is 44.8 Å². The van der Waals surface area contributed by atoms with Crippen molar-refractivity contribution in [3.8, 4) is 5.75 Å². The van der Waals surface area contributed by atoms with Crippen LogP contribution in [-0.4, -0.2) is 54.8 Å². The minimum Gasteiger partial charge on any atom is -0.496 e. The lowest BCUT2D eigenvalue weighted by Crippen LogP contribution is -2.33. The first-order chi connectivity index (χ1) is 19.0. The van der Waals surface area contributed by atoms with Crippen LogP contribution in [0.2, 0.25) is 0 Å². The smallest absolute Gasteiger partial charge is 0.341 e. The van der Waals surface area contributed by atoms with E-state index in [-0.39, 0.29) is 18.7 Å². The highest BCUT2D eigenvalue weighted by Gasteiger charge is 2.31. The van der Waals surface area contributed by atoms with Gasteiger partial charge in [0.2, 0.25) is 0 Å². The summed E-state index contributed by atoms with van der Waals surface area (Å²) < 4.78 is 10.7. The number of allylic oxidation sites excluding steroid dienone is 2. The number of hydrogen-bond donors (Lipinski definition) is 2. The summed E-state index contributed by atoms with van der Waals surface area (Å²) in [6.45, 7) is 2.41. The Morgan fingerprint density at radius 1 is 1.21 bits per heavy atom. The third kappa shape index (κ3) is 5.60. The number of carbonyl (C=O) groups excluding carboxylic acids is 3. The maximum absolute atomic E-state index is 12.6. The van der Waals surface area contributed by atoms with Gasteiger partial charge in [-0.3, -0.25) is 14.6 Å². The van der Waals surface area contributed by atoms with Crippen molar-refractivity contribution in [2.75, 3.05) is 19.0 Å². The van der Waals surface area contributed by atoms with Gasteiger partial charge in [0.1, 0.15) is 16.8 Å². The Morgan fingerprint density at radius 3 is 2.87 bits per heavy atom. The molecule has 12 heteroatoms. The van der Waals surface area contributed by atoms with Gasteiger partial charge < -0.3 is 14.8 Å². The summed E-state index contributed by atoms with van der Waals surface area (Å²) >= 11 is 1.30. The molecule has 2 amide bonds. The molecule has 2 unspecified atom stereocenters. The zero-order valence-electron chi connectivity index (χ0n) is 21.5. The summed E-state index contributed by atoms with van der Waals surface area (Å²) in [6.07, 6.45) is 12.0. The molecule has 1 aromatic heterocycles. The van der Waals surface area contributed by atoms with Gasteiger partial charge in [-0.15, -0.1) is 11.3 Å². The Kier molecular flexibility index (Phi) is 7.82. The van der Waals surface area contributed by atoms with Crippen LogP contribution in [0.25, 0.3) is 0 Å². The summed E-state index contributed by atoms with van der Waals surface area (Å²) in [5, 5.41) is 17.3. The molecule has 0 saturated heterocycles. The molecular formula is C27H28N6O5S. The van der Waals surface area contributed by atoms with E-state index < -0.39 is 17.8 Å². The van der Waals surface area contributed by atoms with Gasteiger partial charge in [-0.2, -0.15) is 10.2 Å². The SMILES string of the molecule is CCOC(=O)c1c(NC(=O)C(=O)NN=Cc2ccc(OC)c(CN3N=NC4C=CC=CC43)c2)sc2c1CCC2. The Labute approximate surface area is 229 Å². The molecule has 0 radical (unpaired) electrons. The molecule has 2 aliphatic carbocycles. The maximum Gasteiger partial charge on any atom is 0.341 e. The number of aryl methyl sites for hydroxylation is 1. The zero-order chi connectivity index (χ0) is 27.4. The van der Waals surface area contributed by atoms with Crippen molar-refractivity contribution in [3.63, 3.8) is 0 Å². The third-order valence-electron chi connectivity index (χ3n) is 6.57. The number of hydrazone groups is 1. The van der Waals surface area contributed by atoms with Crippen LogP contribution in [0, 0.1) is 0 Å². The number of thiophene rings is 1. The van der Waals surface area contributed by atoms with Gasteiger partial charge in [0.25, 0.3) is 0 Å². The van der Waals surface area contributed by atoms with Crippen molar-refractivity contribution in [3.05, 3.63) is 69.6 Å². The van der Waals surface area contributed by atoms with Gasteiger partial charge >= 0.3 is 17.8 Å². The van der Waals surface area contributed by atoms with Crippen LogP contribution >= 0.6 is 11.3 Å². The quantitative estimate of drug-likeness (QED) is 0.224. The molecule has 0 fully saturated rings. The Bertz CT molecular complexity index is 1410. The molecule has 1 aliphatic heterocycles. The fraction of sp³-hybridized carbons (Fsp3) is 0.333. The number of amides is 2. The summed E-state index contributed by atoms with van der Waals surface area (Å²) in [4.78, 5) is 38.5. The number of fused-ring (bicyclic) bond motifs is 2. The molecule has 39 heavy (non-hydrogen) atoms. The third-order valence-corrected chi connectivity index (χ3v) is 7.78. The predicted molar refractivity (Wildman–Crippen MR) is 146 cm³/mol. The van der Waals surface area contributed by atoms with E-state index in [1.54, 1.807) is 26.2 Å². The molecule has 5 rings (SSSR count). The number of esters is 1. The fourth-order valence-corrected chi connectivity index (χ4v) is 6.03. The van der Waals surface area contributed by atoms with Crippen molar-refractivity contribution < 1.29 is 23.9 Å². The van der Waals surface area contributed by atoms with Gasteiger partial charge in [0, 0.05) is 10.4 Å². The summed E-state index contributed by atoms with van der Waals surface area (Å²) in [5.74, 6) is -1.69. The van der Waals surface area contributed by atoms with E-state index in [4.69, 9.17) is 9.47 Å². The first-order valence-electron chi connectivity index (χ1n) is 12.6. The minimum absolute atomic E-state index is 0.00402. The molecule has 2 aromatic rings. The van der Waals surface area contributed by atoms with Crippen molar-refractivity contribution in [1.29, 1.82) is 0 Å². The van der Waals surface area contributed by atoms with Crippen molar-refractivity contribution >= 4 is 40.3 Å². The van der Waals surface area contributed by atoms with Crippen LogP contribution in [-0.2, 0) is 33.7 Å². The van der Waals surface area contributed by atoms with Crippen molar-refractivity contribution in [2.24, 2.45) is 15.4 Å². The summed E-state index contributed by atoms with van der Waals surface area (Å²) in [7, 11) is 1.60. The summed E-state index contributed by atoms with van der Waals surface area (Å²) in [6, 6.07) is 5.51. The monoisotopic (exact) mass is 548 g/mol. The average molecular weight is 549 g/mol. The van der Waals surface area contributed by atoms with Crippen LogP contribution in [0.3, 0.4) is 0 Å². The van der Waals surface area contributed by atoms with E-state index in [0.717, 1.165) is 35.3 Å². The first kappa shape index (κ1) is 26.3. The lowest BCUT2D eigenvalue weighted by Gasteiger charge is -2.24. The molecule has 2 heterocycles. The average Bonchev–Trinajstić information content (AvgIpc) is 3.64. The second-order valence-electron chi connectivity index (χ2n) is 9.06. The normalized spacial score (nSPS) is 18.8. The molecule has 11 nitrogen and oxygen atoms in total. The van der Waals surface area contributed by atoms with Gasteiger partial charge in [-0.25, -0.2) is 10.2 Å². The van der Waals surface area contributed by atoms with Crippen LogP contribution in [0.4, 0.5) is 5.00 Å². The highest BCUT2D eigenvalue weighted by molar-refractivity contribution is 7.17. The lowest BCUT2D eigenvalue weighted by molar-refractivity contribution is -0.136. The number of ether oxygens (including phenoxy) is 2. The molecule has 2 N–H and O–H groups in total. The second kappa shape index (κ2) is 11.6. The van der Waals surface area contributed by atoms with Gasteiger partial charge in [-0.05, 0) is 55.5 Å². The van der Waals surface area contributed by atoms with E-state index in [1.165, 1.54) is 17.6 Å². The standard InChI is InChI=1S/C27H28N6O5S/c1-3-38-27(36)23-18-7-6-10-22(18)39-26(23)29-24(34)25(35)31-28-14-16-11-12-21(37-2)17(13-16)15-33-20-9-5-4-8-19(20)30-32-33/h4-5,8-9,11-14,19-20H,3,6-7,10,15H2,1-2H3,(H,29,34)(H,31,35). The number of benzene rings is 1. The molecule has 0 bridgehead atoms. The van der Waals surface area contributed by atoms with E-state index in [2.05, 4.69) is 32.3 Å². The van der Waals surface area contributed by atoms with Crippen LogP contribution < -0.4 is 15.5 Å². The number of rotatable bonds is 8. The molecule has 3 aliphatic rings. The van der Waals surface area contributed by atoms with Crippen LogP contribution in [0.5, 0.6) is 5.75 Å². The molecule has 0 spiro atoms. The van der Waals surface area contributed by atoms with E-state index >= 15 is 0 Å². The second-order valence-corrected chi connectivity index (χ2v) is 10.2. The zero-order valence-corrected chi connectivity index (χ0v) is 22.4. The van der Waals surface area contributed by atoms with Crippen LogP contribution in [0.1, 0.15) is 45.3 Å². The first-order valence-corrected chi connectivity index (χ1v) is 13.5.